The minimum Gasteiger partial charge on any atom is -0.350 e. The second kappa shape index (κ2) is 6.57. The first kappa shape index (κ1) is 15.8. The molecule has 0 aliphatic rings. The summed E-state index contributed by atoms with van der Waals surface area (Å²) in [6.45, 7) is -0.0438. The van der Waals surface area contributed by atoms with E-state index in [2.05, 4.69) is 15.3 Å². The van der Waals surface area contributed by atoms with Gasteiger partial charge in [-0.25, -0.2) is 18.7 Å². The van der Waals surface area contributed by atoms with Crippen molar-refractivity contribution in [3.05, 3.63) is 60.4 Å². The van der Waals surface area contributed by atoms with E-state index >= 15 is 0 Å². The van der Waals surface area contributed by atoms with Crippen molar-refractivity contribution >= 4 is 28.3 Å². The van der Waals surface area contributed by atoms with Crippen molar-refractivity contribution in [2.45, 2.75) is 0 Å². The Morgan fingerprint density at radius 2 is 1.96 bits per heavy atom. The lowest BCUT2D eigenvalue weighted by molar-refractivity contribution is -0.114. The van der Waals surface area contributed by atoms with Crippen LogP contribution in [-0.2, 0) is 4.79 Å². The van der Waals surface area contributed by atoms with Crippen LogP contribution in [0, 0.1) is 11.6 Å². The number of aromatic nitrogens is 2. The molecule has 0 unspecified atom stereocenters. The number of nitrogens with one attached hydrogen (secondary N) is 1. The molecule has 0 aliphatic carbocycles. The lowest BCUT2D eigenvalue weighted by Crippen LogP contribution is -2.31. The number of anilines is 2. The number of rotatable bonds is 4. The second-order valence-corrected chi connectivity index (χ2v) is 5.24. The van der Waals surface area contributed by atoms with Crippen LogP contribution in [0.4, 0.5) is 20.3 Å². The molecule has 0 atom stereocenters. The largest absolute Gasteiger partial charge is 0.350 e. The fourth-order valence-electron chi connectivity index (χ4n) is 2.37. The van der Waals surface area contributed by atoms with Gasteiger partial charge in [0.25, 0.3) is 0 Å². The van der Waals surface area contributed by atoms with Crippen LogP contribution in [0.1, 0.15) is 0 Å². The summed E-state index contributed by atoms with van der Waals surface area (Å²) in [5, 5.41) is 3.23. The molecule has 5 nitrogen and oxygen atoms in total. The van der Waals surface area contributed by atoms with E-state index in [9.17, 15) is 13.6 Å². The number of likely N-dealkylation sites (N-methyl/N-ethyl adjacent to an activating group) is 1. The summed E-state index contributed by atoms with van der Waals surface area (Å²) >= 11 is 0. The Labute approximate surface area is 137 Å². The molecule has 0 spiro atoms. The number of hydrogen-bond acceptors (Lipinski definition) is 4. The molecule has 0 fully saturated rings. The standard InChI is InChI=1S/C17H14F2N4O/c1-23(17-12-4-2-3-5-14(12)20-10-21-17)9-16(24)22-15-7-6-11(18)8-13(15)19/h2-8,10H,9H2,1H3,(H,22,24). The lowest BCUT2D eigenvalue weighted by Gasteiger charge is -2.19. The van der Waals surface area contributed by atoms with E-state index in [1.165, 1.54) is 12.4 Å². The summed E-state index contributed by atoms with van der Waals surface area (Å²) < 4.78 is 26.5. The average molecular weight is 328 g/mol. The van der Waals surface area contributed by atoms with Gasteiger partial charge in [0.1, 0.15) is 23.8 Å². The molecular formula is C17H14F2N4O. The molecule has 2 aromatic carbocycles. The zero-order chi connectivity index (χ0) is 17.1. The Bertz CT molecular complexity index is 895. The zero-order valence-corrected chi connectivity index (χ0v) is 12.8. The van der Waals surface area contributed by atoms with Crippen molar-refractivity contribution in [2.24, 2.45) is 0 Å². The van der Waals surface area contributed by atoms with Crippen LogP contribution in [0.3, 0.4) is 0 Å². The summed E-state index contributed by atoms with van der Waals surface area (Å²) in [5.41, 5.74) is 0.696. The maximum absolute atomic E-state index is 13.6. The Balaban J connectivity index is 1.76. The minimum atomic E-state index is -0.821. The fourth-order valence-corrected chi connectivity index (χ4v) is 2.37. The monoisotopic (exact) mass is 328 g/mol. The van der Waals surface area contributed by atoms with Crippen molar-refractivity contribution in [3.8, 4) is 0 Å². The molecule has 3 rings (SSSR count). The van der Waals surface area contributed by atoms with Gasteiger partial charge in [0.15, 0.2) is 0 Å². The van der Waals surface area contributed by atoms with Crippen molar-refractivity contribution in [2.75, 3.05) is 23.8 Å². The molecule has 1 amide bonds. The summed E-state index contributed by atoms with van der Waals surface area (Å²) in [6, 6.07) is 10.4. The molecule has 7 heteroatoms. The number of amides is 1. The Kier molecular flexibility index (Phi) is 4.33. The summed E-state index contributed by atoms with van der Waals surface area (Å²) in [6.07, 6.45) is 1.42. The topological polar surface area (TPSA) is 58.1 Å². The molecule has 0 aliphatic heterocycles. The molecule has 0 radical (unpaired) electrons. The van der Waals surface area contributed by atoms with E-state index in [1.807, 2.05) is 24.3 Å². The number of fused-ring (bicyclic) bond motifs is 1. The second-order valence-electron chi connectivity index (χ2n) is 5.24. The third-order valence-electron chi connectivity index (χ3n) is 3.47. The van der Waals surface area contributed by atoms with E-state index in [4.69, 9.17) is 0 Å². The Morgan fingerprint density at radius 1 is 1.17 bits per heavy atom. The van der Waals surface area contributed by atoms with Crippen molar-refractivity contribution in [3.63, 3.8) is 0 Å². The molecule has 3 aromatic rings. The lowest BCUT2D eigenvalue weighted by atomic mass is 10.2. The third kappa shape index (κ3) is 3.29. The summed E-state index contributed by atoms with van der Waals surface area (Å²) in [5.74, 6) is -1.37. The van der Waals surface area contributed by atoms with Gasteiger partial charge < -0.3 is 10.2 Å². The zero-order valence-electron chi connectivity index (χ0n) is 12.8. The first-order chi connectivity index (χ1) is 11.5. The molecule has 122 valence electrons. The predicted octanol–water partition coefficient (Wildman–Crippen LogP) is 2.98. The normalized spacial score (nSPS) is 10.6. The van der Waals surface area contributed by atoms with Gasteiger partial charge >= 0.3 is 0 Å². The molecular weight excluding hydrogens is 314 g/mol. The highest BCUT2D eigenvalue weighted by molar-refractivity contribution is 5.96. The smallest absolute Gasteiger partial charge is 0.244 e. The van der Waals surface area contributed by atoms with Gasteiger partial charge in [0, 0.05) is 18.5 Å². The number of benzene rings is 2. The molecule has 24 heavy (non-hydrogen) atoms. The molecule has 0 saturated carbocycles. The predicted molar refractivity (Wildman–Crippen MR) is 87.8 cm³/mol. The van der Waals surface area contributed by atoms with Crippen LogP contribution < -0.4 is 10.2 Å². The highest BCUT2D eigenvalue weighted by atomic mass is 19.1. The molecule has 1 N–H and O–H groups in total. The Hall–Kier alpha value is -3.09. The van der Waals surface area contributed by atoms with E-state index in [0.29, 0.717) is 5.82 Å². The molecule has 0 saturated heterocycles. The van der Waals surface area contributed by atoms with Gasteiger partial charge in [-0.1, -0.05) is 12.1 Å². The summed E-state index contributed by atoms with van der Waals surface area (Å²) in [7, 11) is 1.70. The van der Waals surface area contributed by atoms with Crippen molar-refractivity contribution in [1.82, 2.24) is 9.97 Å². The van der Waals surface area contributed by atoms with E-state index in [-0.39, 0.29) is 12.2 Å². The van der Waals surface area contributed by atoms with Crippen LogP contribution in [0.5, 0.6) is 0 Å². The van der Waals surface area contributed by atoms with Gasteiger partial charge in [0.2, 0.25) is 5.91 Å². The highest BCUT2D eigenvalue weighted by Gasteiger charge is 2.13. The van der Waals surface area contributed by atoms with Crippen LogP contribution in [0.2, 0.25) is 0 Å². The van der Waals surface area contributed by atoms with Crippen molar-refractivity contribution < 1.29 is 13.6 Å². The SMILES string of the molecule is CN(CC(=O)Nc1ccc(F)cc1F)c1ncnc2ccccc12. The number of carbonyl (C=O) groups is 1. The quantitative estimate of drug-likeness (QED) is 0.800. The van der Waals surface area contributed by atoms with Gasteiger partial charge in [-0.15, -0.1) is 0 Å². The van der Waals surface area contributed by atoms with Crippen LogP contribution in [-0.4, -0.2) is 29.5 Å². The van der Waals surface area contributed by atoms with E-state index < -0.39 is 17.5 Å². The maximum atomic E-state index is 13.6. The number of nitrogens with zero attached hydrogens (tertiary/aromatic N) is 3. The molecule has 1 aromatic heterocycles. The fraction of sp³-hybridized carbons (Fsp3) is 0.118. The number of para-hydroxylation sites is 1. The third-order valence-corrected chi connectivity index (χ3v) is 3.47. The van der Waals surface area contributed by atoms with E-state index in [0.717, 1.165) is 23.0 Å². The van der Waals surface area contributed by atoms with Crippen LogP contribution in [0.25, 0.3) is 10.9 Å². The van der Waals surface area contributed by atoms with E-state index in [1.54, 1.807) is 11.9 Å². The average Bonchev–Trinajstić information content (AvgIpc) is 2.57. The highest BCUT2D eigenvalue weighted by Crippen LogP contribution is 2.21. The van der Waals surface area contributed by atoms with Gasteiger partial charge in [-0.3, -0.25) is 4.79 Å². The minimum absolute atomic E-state index is 0.0438. The summed E-state index contributed by atoms with van der Waals surface area (Å²) in [4.78, 5) is 22.1. The van der Waals surface area contributed by atoms with Gasteiger partial charge in [0.05, 0.1) is 17.7 Å². The number of hydrogen-bond donors (Lipinski definition) is 1. The molecule has 1 heterocycles. The first-order valence-corrected chi connectivity index (χ1v) is 7.20. The van der Waals surface area contributed by atoms with Gasteiger partial charge in [-0.2, -0.15) is 0 Å². The Morgan fingerprint density at radius 3 is 2.75 bits per heavy atom. The maximum Gasteiger partial charge on any atom is 0.244 e. The van der Waals surface area contributed by atoms with Crippen LogP contribution in [0.15, 0.2) is 48.8 Å². The number of halogens is 2. The molecule has 0 bridgehead atoms. The van der Waals surface area contributed by atoms with Crippen molar-refractivity contribution in [1.29, 1.82) is 0 Å². The van der Waals surface area contributed by atoms with Crippen LogP contribution >= 0.6 is 0 Å². The number of carbonyl (C=O) groups excluding carboxylic acids is 1. The first-order valence-electron chi connectivity index (χ1n) is 7.20. The van der Waals surface area contributed by atoms with Gasteiger partial charge in [-0.05, 0) is 24.3 Å².